The number of nitrogens with one attached hydrogen (secondary N) is 1. The summed E-state index contributed by atoms with van der Waals surface area (Å²) in [4.78, 5) is 15.8. The maximum atomic E-state index is 13.4. The third-order valence-electron chi connectivity index (χ3n) is 8.44. The van der Waals surface area contributed by atoms with E-state index in [2.05, 4.69) is 101 Å². The van der Waals surface area contributed by atoms with Crippen LogP contribution in [0.5, 0.6) is 5.75 Å². The van der Waals surface area contributed by atoms with E-state index in [-0.39, 0.29) is 11.8 Å². The van der Waals surface area contributed by atoms with Gasteiger partial charge in [-0.05, 0) is 47.4 Å². The number of nitrogens with zero attached hydrogens (tertiary/aromatic N) is 2. The predicted octanol–water partition coefficient (Wildman–Crippen LogP) is 6.55. The highest BCUT2D eigenvalue weighted by atomic mass is 16.5. The molecule has 6 nitrogen and oxygen atoms in total. The first kappa shape index (κ1) is 29.7. The first-order valence-corrected chi connectivity index (χ1v) is 15.6. The average molecular weight is 588 g/mol. The molecule has 6 heteroatoms. The Hall–Kier alpha value is -4.39. The van der Waals surface area contributed by atoms with E-state index in [0.29, 0.717) is 19.6 Å². The van der Waals surface area contributed by atoms with Crippen molar-refractivity contribution in [2.75, 3.05) is 39.4 Å². The first-order valence-electron chi connectivity index (χ1n) is 15.6. The maximum Gasteiger partial charge on any atom is 0.220 e. The summed E-state index contributed by atoms with van der Waals surface area (Å²) >= 11 is 0. The Kier molecular flexibility index (Phi) is 9.70. The standard InChI is InChI=1S/C38H41N3O3/c1-29-11-13-30(14-12-29)26-41-27-36(34-9-5-6-10-37(34)41)35(25-38(42)39-19-20-40-21-23-43-24-22-40)32-15-17-33(18-16-32)44-28-31-7-3-2-4-8-31/h2-18,27,35H,19-26,28H2,1H3,(H,39,42). The highest BCUT2D eigenvalue weighted by Gasteiger charge is 2.23. The first-order chi connectivity index (χ1) is 21.6. The van der Waals surface area contributed by atoms with Crippen molar-refractivity contribution in [1.82, 2.24) is 14.8 Å². The Morgan fingerprint density at radius 2 is 1.59 bits per heavy atom. The zero-order valence-corrected chi connectivity index (χ0v) is 25.5. The number of hydrogen-bond acceptors (Lipinski definition) is 4. The summed E-state index contributed by atoms with van der Waals surface area (Å²) < 4.78 is 13.9. The van der Waals surface area contributed by atoms with Crippen molar-refractivity contribution in [3.63, 3.8) is 0 Å². The predicted molar refractivity (Wildman–Crippen MR) is 176 cm³/mol. The number of amides is 1. The Morgan fingerprint density at radius 1 is 0.864 bits per heavy atom. The lowest BCUT2D eigenvalue weighted by Gasteiger charge is -2.26. The minimum absolute atomic E-state index is 0.0584. The normalized spacial score (nSPS) is 14.4. The van der Waals surface area contributed by atoms with Crippen LogP contribution in [-0.2, 0) is 22.7 Å². The van der Waals surface area contributed by atoms with Gasteiger partial charge < -0.3 is 19.4 Å². The molecule has 1 aromatic heterocycles. The van der Waals surface area contributed by atoms with Gasteiger partial charge in [-0.3, -0.25) is 9.69 Å². The zero-order chi connectivity index (χ0) is 30.1. The summed E-state index contributed by atoms with van der Waals surface area (Å²) in [5, 5.41) is 4.37. The van der Waals surface area contributed by atoms with Crippen LogP contribution in [0, 0.1) is 6.92 Å². The molecule has 1 saturated heterocycles. The molecule has 1 unspecified atom stereocenters. The molecule has 4 aromatic carbocycles. The van der Waals surface area contributed by atoms with E-state index in [1.165, 1.54) is 22.0 Å². The van der Waals surface area contributed by atoms with Gasteiger partial charge in [0.25, 0.3) is 0 Å². The van der Waals surface area contributed by atoms with Gasteiger partial charge in [0.1, 0.15) is 12.4 Å². The van der Waals surface area contributed by atoms with Gasteiger partial charge in [-0.1, -0.05) is 90.5 Å². The molecule has 1 aliphatic heterocycles. The van der Waals surface area contributed by atoms with Crippen LogP contribution in [0.3, 0.4) is 0 Å². The van der Waals surface area contributed by atoms with Crippen LogP contribution in [0.4, 0.5) is 0 Å². The average Bonchev–Trinajstić information content (AvgIpc) is 3.43. The van der Waals surface area contributed by atoms with E-state index in [0.717, 1.165) is 61.8 Å². The smallest absolute Gasteiger partial charge is 0.220 e. The summed E-state index contributed by atoms with van der Waals surface area (Å²) in [6, 6.07) is 35.7. The number of morpholine rings is 1. The molecule has 0 spiro atoms. The largest absolute Gasteiger partial charge is 0.489 e. The Labute approximate surface area is 260 Å². The molecule has 1 fully saturated rings. The number of aromatic nitrogens is 1. The zero-order valence-electron chi connectivity index (χ0n) is 25.5. The number of rotatable bonds is 12. The van der Waals surface area contributed by atoms with Crippen LogP contribution in [0.2, 0.25) is 0 Å². The molecule has 1 amide bonds. The molecule has 0 bridgehead atoms. The summed E-state index contributed by atoms with van der Waals surface area (Å²) in [5.41, 5.74) is 7.06. The van der Waals surface area contributed by atoms with Gasteiger partial charge in [-0.2, -0.15) is 0 Å². The molecule has 1 atom stereocenters. The molecule has 0 radical (unpaired) electrons. The Bertz CT molecular complexity index is 1640. The van der Waals surface area contributed by atoms with Crippen molar-refractivity contribution < 1.29 is 14.3 Å². The lowest BCUT2D eigenvalue weighted by atomic mass is 9.88. The van der Waals surface area contributed by atoms with Gasteiger partial charge in [0.15, 0.2) is 0 Å². The third kappa shape index (κ3) is 7.57. The van der Waals surface area contributed by atoms with E-state index in [9.17, 15) is 4.79 Å². The second-order valence-electron chi connectivity index (χ2n) is 11.6. The summed E-state index contributed by atoms with van der Waals surface area (Å²) in [5.74, 6) is 0.766. The molecule has 2 heterocycles. The number of carbonyl (C=O) groups excluding carboxylic acids is 1. The molecule has 1 N–H and O–H groups in total. The number of benzene rings is 4. The Balaban J connectivity index is 1.25. The molecule has 44 heavy (non-hydrogen) atoms. The highest BCUT2D eigenvalue weighted by Crippen LogP contribution is 2.36. The second kappa shape index (κ2) is 14.4. The molecule has 0 saturated carbocycles. The van der Waals surface area contributed by atoms with Crippen LogP contribution in [-0.4, -0.2) is 54.8 Å². The molecule has 6 rings (SSSR count). The van der Waals surface area contributed by atoms with Crippen molar-refractivity contribution in [2.45, 2.75) is 32.4 Å². The number of hydrogen-bond donors (Lipinski definition) is 1. The van der Waals surface area contributed by atoms with E-state index in [4.69, 9.17) is 9.47 Å². The monoisotopic (exact) mass is 587 g/mol. The van der Waals surface area contributed by atoms with Gasteiger partial charge in [0.05, 0.1) is 13.2 Å². The lowest BCUT2D eigenvalue weighted by molar-refractivity contribution is -0.121. The highest BCUT2D eigenvalue weighted by molar-refractivity contribution is 5.87. The van der Waals surface area contributed by atoms with Crippen LogP contribution >= 0.6 is 0 Å². The van der Waals surface area contributed by atoms with Crippen molar-refractivity contribution in [2.24, 2.45) is 0 Å². The van der Waals surface area contributed by atoms with Gasteiger partial charge in [0, 0.05) is 62.2 Å². The number of carbonyl (C=O) groups is 1. The number of aryl methyl sites for hydroxylation is 1. The Morgan fingerprint density at radius 3 is 2.36 bits per heavy atom. The van der Waals surface area contributed by atoms with Gasteiger partial charge >= 0.3 is 0 Å². The van der Waals surface area contributed by atoms with Crippen LogP contribution in [0.1, 0.15) is 40.2 Å². The fourth-order valence-corrected chi connectivity index (χ4v) is 5.95. The molecule has 0 aliphatic carbocycles. The molecule has 5 aromatic rings. The molecular formula is C38H41N3O3. The number of fused-ring (bicyclic) bond motifs is 1. The number of ether oxygens (including phenoxy) is 2. The van der Waals surface area contributed by atoms with Crippen molar-refractivity contribution >= 4 is 16.8 Å². The van der Waals surface area contributed by atoms with Crippen LogP contribution in [0.15, 0.2) is 109 Å². The molecule has 1 aliphatic rings. The fourth-order valence-electron chi connectivity index (χ4n) is 5.95. The van der Waals surface area contributed by atoms with Gasteiger partial charge in [-0.25, -0.2) is 0 Å². The lowest BCUT2D eigenvalue weighted by Crippen LogP contribution is -2.41. The maximum absolute atomic E-state index is 13.4. The van der Waals surface area contributed by atoms with E-state index in [1.54, 1.807) is 0 Å². The minimum atomic E-state index is -0.106. The quantitative estimate of drug-likeness (QED) is 0.180. The van der Waals surface area contributed by atoms with Crippen LogP contribution in [0.25, 0.3) is 10.9 Å². The van der Waals surface area contributed by atoms with E-state index in [1.807, 2.05) is 30.3 Å². The summed E-state index contributed by atoms with van der Waals surface area (Å²) in [6.07, 6.45) is 2.61. The molecule has 226 valence electrons. The fraction of sp³-hybridized carbons (Fsp3) is 0.289. The van der Waals surface area contributed by atoms with Crippen LogP contribution < -0.4 is 10.1 Å². The summed E-state index contributed by atoms with van der Waals surface area (Å²) in [7, 11) is 0. The topological polar surface area (TPSA) is 55.7 Å². The minimum Gasteiger partial charge on any atom is -0.489 e. The van der Waals surface area contributed by atoms with E-state index < -0.39 is 0 Å². The van der Waals surface area contributed by atoms with Crippen molar-refractivity contribution in [1.29, 1.82) is 0 Å². The second-order valence-corrected chi connectivity index (χ2v) is 11.6. The van der Waals surface area contributed by atoms with Crippen molar-refractivity contribution in [3.05, 3.63) is 137 Å². The SMILES string of the molecule is Cc1ccc(Cn2cc(C(CC(=O)NCCN3CCOCC3)c3ccc(OCc4ccccc4)cc3)c3ccccc32)cc1. The molecular weight excluding hydrogens is 546 g/mol. The van der Waals surface area contributed by atoms with Crippen molar-refractivity contribution in [3.8, 4) is 5.75 Å². The number of para-hydroxylation sites is 1. The third-order valence-corrected chi connectivity index (χ3v) is 8.44. The van der Waals surface area contributed by atoms with Gasteiger partial charge in [0.2, 0.25) is 5.91 Å². The van der Waals surface area contributed by atoms with E-state index >= 15 is 0 Å². The summed E-state index contributed by atoms with van der Waals surface area (Å²) in [6.45, 7) is 8.21. The van der Waals surface area contributed by atoms with Gasteiger partial charge in [-0.15, -0.1) is 0 Å².